The van der Waals surface area contributed by atoms with Crippen LogP contribution in [0.15, 0.2) is 12.4 Å². The van der Waals surface area contributed by atoms with Gasteiger partial charge in [0.05, 0.1) is 0 Å². The Kier molecular flexibility index (Phi) is 5.24. The molecule has 18 heavy (non-hydrogen) atoms. The number of rotatable bonds is 5. The Balaban J connectivity index is 2.14. The highest BCUT2D eigenvalue weighted by Gasteiger charge is 2.27. The fraction of sp³-hybridized carbons (Fsp3) is 0.800. The van der Waals surface area contributed by atoms with Gasteiger partial charge in [-0.3, -0.25) is 0 Å². The van der Waals surface area contributed by atoms with Crippen molar-refractivity contribution in [3.05, 3.63) is 18.2 Å². The molecule has 2 unspecified atom stereocenters. The Hall–Kier alpha value is -0.830. The molecule has 1 heterocycles. The van der Waals surface area contributed by atoms with Crippen LogP contribution in [0.25, 0.3) is 0 Å². The molecule has 0 aromatic carbocycles. The van der Waals surface area contributed by atoms with Crippen molar-refractivity contribution in [3.8, 4) is 0 Å². The normalized spacial score (nSPS) is 25.0. The third-order valence-corrected chi connectivity index (χ3v) is 4.24. The lowest BCUT2D eigenvalue weighted by Gasteiger charge is -2.25. The van der Waals surface area contributed by atoms with Gasteiger partial charge in [-0.15, -0.1) is 0 Å². The minimum absolute atomic E-state index is 0.654. The first-order valence-corrected chi connectivity index (χ1v) is 7.58. The summed E-state index contributed by atoms with van der Waals surface area (Å²) in [6, 6.07) is 0. The molecule has 0 radical (unpaired) electrons. The van der Waals surface area contributed by atoms with Gasteiger partial charge in [-0.25, -0.2) is 4.98 Å². The van der Waals surface area contributed by atoms with Crippen LogP contribution in [-0.2, 0) is 6.54 Å². The first-order valence-electron chi connectivity index (χ1n) is 7.58. The largest absolute Gasteiger partial charge is 0.335 e. The number of aryl methyl sites for hydroxylation is 1. The van der Waals surface area contributed by atoms with E-state index >= 15 is 0 Å². The molecule has 1 aromatic heterocycles. The van der Waals surface area contributed by atoms with E-state index in [0.29, 0.717) is 5.92 Å². The van der Waals surface area contributed by atoms with Gasteiger partial charge >= 0.3 is 0 Å². The molecule has 2 rings (SSSR count). The molecule has 1 N–H and O–H groups in total. The molecule has 0 saturated heterocycles. The molecule has 0 spiro atoms. The fourth-order valence-electron chi connectivity index (χ4n) is 3.22. The van der Waals surface area contributed by atoms with E-state index in [0.717, 1.165) is 25.6 Å². The van der Waals surface area contributed by atoms with Gasteiger partial charge < -0.3 is 9.88 Å². The molecule has 0 amide bonds. The Morgan fingerprint density at radius 3 is 2.89 bits per heavy atom. The second-order valence-electron chi connectivity index (χ2n) is 5.38. The summed E-state index contributed by atoms with van der Waals surface area (Å²) in [6.07, 6.45) is 10.9. The van der Waals surface area contributed by atoms with Crippen LogP contribution in [0, 0.1) is 5.92 Å². The summed E-state index contributed by atoms with van der Waals surface area (Å²) >= 11 is 0. The van der Waals surface area contributed by atoms with E-state index < -0.39 is 0 Å². The molecule has 3 heteroatoms. The van der Waals surface area contributed by atoms with Crippen molar-refractivity contribution in [2.75, 3.05) is 13.1 Å². The Morgan fingerprint density at radius 1 is 1.28 bits per heavy atom. The van der Waals surface area contributed by atoms with Crippen LogP contribution in [0.3, 0.4) is 0 Å². The molecule has 1 saturated carbocycles. The summed E-state index contributed by atoms with van der Waals surface area (Å²) in [6.45, 7) is 7.67. The average molecular weight is 249 g/mol. The van der Waals surface area contributed by atoms with Crippen LogP contribution in [0.1, 0.15) is 57.7 Å². The lowest BCUT2D eigenvalue weighted by atomic mass is 9.87. The number of hydrogen-bond acceptors (Lipinski definition) is 2. The fourth-order valence-corrected chi connectivity index (χ4v) is 3.22. The van der Waals surface area contributed by atoms with E-state index in [1.165, 1.54) is 37.9 Å². The van der Waals surface area contributed by atoms with Crippen molar-refractivity contribution < 1.29 is 0 Å². The first-order chi connectivity index (χ1) is 8.86. The van der Waals surface area contributed by atoms with Crippen molar-refractivity contribution >= 4 is 0 Å². The third kappa shape index (κ3) is 3.14. The summed E-state index contributed by atoms with van der Waals surface area (Å²) in [5.74, 6) is 2.74. The van der Waals surface area contributed by atoms with Crippen molar-refractivity contribution in [1.82, 2.24) is 14.9 Å². The molecule has 1 fully saturated rings. The maximum Gasteiger partial charge on any atom is 0.112 e. The molecule has 3 nitrogen and oxygen atoms in total. The third-order valence-electron chi connectivity index (χ3n) is 4.24. The lowest BCUT2D eigenvalue weighted by molar-refractivity contribution is 0.359. The number of hydrogen-bond donors (Lipinski definition) is 1. The monoisotopic (exact) mass is 249 g/mol. The van der Waals surface area contributed by atoms with Gasteiger partial charge in [0.15, 0.2) is 0 Å². The Bertz CT molecular complexity index is 345. The zero-order chi connectivity index (χ0) is 12.8. The predicted octanol–water partition coefficient (Wildman–Crippen LogP) is 3.18. The quantitative estimate of drug-likeness (QED) is 0.812. The van der Waals surface area contributed by atoms with E-state index in [1.54, 1.807) is 0 Å². The van der Waals surface area contributed by atoms with Gasteiger partial charge in [0.1, 0.15) is 5.82 Å². The minimum atomic E-state index is 0.654. The smallest absolute Gasteiger partial charge is 0.112 e. The Labute approximate surface area is 111 Å². The van der Waals surface area contributed by atoms with Crippen LogP contribution in [0.5, 0.6) is 0 Å². The lowest BCUT2D eigenvalue weighted by Crippen LogP contribution is -2.28. The van der Waals surface area contributed by atoms with Crippen molar-refractivity contribution in [1.29, 1.82) is 0 Å². The SMILES string of the molecule is CCNCC1CCCCCC1c1nccn1CC. The highest BCUT2D eigenvalue weighted by atomic mass is 15.1. The number of imidazole rings is 1. The van der Waals surface area contributed by atoms with Crippen molar-refractivity contribution in [2.24, 2.45) is 5.92 Å². The van der Waals surface area contributed by atoms with E-state index in [1.807, 2.05) is 6.20 Å². The van der Waals surface area contributed by atoms with E-state index in [9.17, 15) is 0 Å². The number of nitrogens with one attached hydrogen (secondary N) is 1. The van der Waals surface area contributed by atoms with Crippen LogP contribution in [0.4, 0.5) is 0 Å². The summed E-state index contributed by atoms with van der Waals surface area (Å²) in [5.41, 5.74) is 0. The molecular weight excluding hydrogens is 222 g/mol. The molecule has 2 atom stereocenters. The number of aromatic nitrogens is 2. The van der Waals surface area contributed by atoms with Gasteiger partial charge in [0.25, 0.3) is 0 Å². The van der Waals surface area contributed by atoms with Crippen LogP contribution < -0.4 is 5.32 Å². The zero-order valence-corrected chi connectivity index (χ0v) is 11.9. The van der Waals surface area contributed by atoms with Crippen molar-refractivity contribution in [3.63, 3.8) is 0 Å². The van der Waals surface area contributed by atoms with Gasteiger partial charge in [-0.05, 0) is 38.8 Å². The topological polar surface area (TPSA) is 29.9 Å². The Morgan fingerprint density at radius 2 is 2.11 bits per heavy atom. The van der Waals surface area contributed by atoms with E-state index in [-0.39, 0.29) is 0 Å². The van der Waals surface area contributed by atoms with Crippen LogP contribution in [-0.4, -0.2) is 22.6 Å². The van der Waals surface area contributed by atoms with E-state index in [2.05, 4.69) is 34.9 Å². The van der Waals surface area contributed by atoms with Gasteiger partial charge in [-0.2, -0.15) is 0 Å². The molecule has 1 aliphatic rings. The van der Waals surface area contributed by atoms with Crippen molar-refractivity contribution in [2.45, 2.75) is 58.4 Å². The highest BCUT2D eigenvalue weighted by Crippen LogP contribution is 2.35. The minimum Gasteiger partial charge on any atom is -0.335 e. The molecule has 102 valence electrons. The van der Waals surface area contributed by atoms with Crippen LogP contribution >= 0.6 is 0 Å². The second-order valence-corrected chi connectivity index (χ2v) is 5.38. The van der Waals surface area contributed by atoms with Crippen LogP contribution in [0.2, 0.25) is 0 Å². The molecule has 0 aliphatic heterocycles. The molecule has 1 aliphatic carbocycles. The molecule has 0 bridgehead atoms. The summed E-state index contributed by atoms with van der Waals surface area (Å²) in [4.78, 5) is 4.65. The average Bonchev–Trinajstić information content (AvgIpc) is 2.74. The second kappa shape index (κ2) is 6.93. The van der Waals surface area contributed by atoms with Gasteiger partial charge in [-0.1, -0.05) is 26.2 Å². The summed E-state index contributed by atoms with van der Waals surface area (Å²) in [5, 5.41) is 3.54. The first kappa shape index (κ1) is 13.6. The zero-order valence-electron chi connectivity index (χ0n) is 11.9. The molecular formula is C15H27N3. The summed E-state index contributed by atoms with van der Waals surface area (Å²) in [7, 11) is 0. The van der Waals surface area contributed by atoms with E-state index in [4.69, 9.17) is 0 Å². The maximum atomic E-state index is 4.65. The highest BCUT2D eigenvalue weighted by molar-refractivity contribution is 5.04. The number of nitrogens with zero attached hydrogens (tertiary/aromatic N) is 2. The maximum absolute atomic E-state index is 4.65. The standard InChI is InChI=1S/C15H27N3/c1-3-16-12-13-8-6-5-7-9-14(13)15-17-10-11-18(15)4-2/h10-11,13-14,16H,3-9,12H2,1-2H3. The molecule has 1 aromatic rings. The summed E-state index contributed by atoms with van der Waals surface area (Å²) < 4.78 is 2.33. The van der Waals surface area contributed by atoms with Gasteiger partial charge in [0.2, 0.25) is 0 Å². The predicted molar refractivity (Wildman–Crippen MR) is 75.8 cm³/mol. The van der Waals surface area contributed by atoms with Gasteiger partial charge in [0, 0.05) is 24.9 Å².